The highest BCUT2D eigenvalue weighted by atomic mass is 16.7. The molecule has 110 valence electrons. The summed E-state index contributed by atoms with van der Waals surface area (Å²) in [6.45, 7) is 3.56. The number of aliphatic hydroxyl groups is 2. The monoisotopic (exact) mass is 274 g/mol. The van der Waals surface area contributed by atoms with Gasteiger partial charge in [0.1, 0.15) is 6.10 Å². The van der Waals surface area contributed by atoms with E-state index in [0.717, 1.165) is 6.08 Å². The molecule has 0 amide bonds. The first-order valence-corrected chi connectivity index (χ1v) is 6.46. The first-order valence-electron chi connectivity index (χ1n) is 6.46. The molecule has 0 saturated carbocycles. The minimum absolute atomic E-state index is 0.166. The van der Waals surface area contributed by atoms with Crippen molar-refractivity contribution >= 4 is 5.97 Å². The maximum atomic E-state index is 10.3. The number of carboxylic acids is 1. The first-order chi connectivity index (χ1) is 8.90. The van der Waals surface area contributed by atoms with Crippen molar-refractivity contribution in [3.8, 4) is 0 Å². The molecule has 6 heteroatoms. The van der Waals surface area contributed by atoms with E-state index in [1.165, 1.54) is 0 Å². The largest absolute Gasteiger partial charge is 0.478 e. The SMILES string of the molecule is CC(CC/C=C\C(=O)O)O[C@@H]1O[C@@H](C)[C@H](O)C[C@H]1O. The van der Waals surface area contributed by atoms with Gasteiger partial charge in [-0.3, -0.25) is 0 Å². The number of carboxylic acid groups (broad SMARTS) is 1. The summed E-state index contributed by atoms with van der Waals surface area (Å²) in [4.78, 5) is 10.3. The van der Waals surface area contributed by atoms with Crippen LogP contribution in [0.4, 0.5) is 0 Å². The molecule has 0 aromatic heterocycles. The number of hydrogen-bond acceptors (Lipinski definition) is 5. The Bertz CT molecular complexity index is 316. The number of carbonyl (C=O) groups is 1. The van der Waals surface area contributed by atoms with E-state index in [9.17, 15) is 15.0 Å². The normalized spacial score (nSPS) is 33.5. The molecule has 1 fully saturated rings. The summed E-state index contributed by atoms with van der Waals surface area (Å²) in [6.07, 6.45) is 1.31. The molecule has 5 atom stereocenters. The second-order valence-electron chi connectivity index (χ2n) is 4.84. The third kappa shape index (κ3) is 5.69. The van der Waals surface area contributed by atoms with Crippen molar-refractivity contribution in [2.75, 3.05) is 0 Å². The molecule has 1 unspecified atom stereocenters. The molecular formula is C13H22O6. The summed E-state index contributed by atoms with van der Waals surface area (Å²) >= 11 is 0. The molecule has 19 heavy (non-hydrogen) atoms. The number of ether oxygens (including phenoxy) is 2. The molecule has 0 spiro atoms. The molecule has 0 aliphatic carbocycles. The van der Waals surface area contributed by atoms with E-state index >= 15 is 0 Å². The van der Waals surface area contributed by atoms with Crippen molar-refractivity contribution in [3.63, 3.8) is 0 Å². The zero-order valence-corrected chi connectivity index (χ0v) is 11.2. The first kappa shape index (κ1) is 16.1. The number of hydrogen-bond donors (Lipinski definition) is 3. The second kappa shape index (κ2) is 7.59. The van der Waals surface area contributed by atoms with E-state index in [2.05, 4.69) is 0 Å². The molecule has 1 aliphatic rings. The predicted molar refractivity (Wildman–Crippen MR) is 67.5 cm³/mol. The number of allylic oxidation sites excluding steroid dienone is 1. The van der Waals surface area contributed by atoms with Crippen molar-refractivity contribution in [3.05, 3.63) is 12.2 Å². The molecule has 0 aromatic carbocycles. The van der Waals surface area contributed by atoms with Gasteiger partial charge in [-0.15, -0.1) is 0 Å². The van der Waals surface area contributed by atoms with Gasteiger partial charge in [0, 0.05) is 12.5 Å². The fraction of sp³-hybridized carbons (Fsp3) is 0.769. The van der Waals surface area contributed by atoms with Gasteiger partial charge >= 0.3 is 5.97 Å². The number of rotatable bonds is 6. The molecule has 1 rings (SSSR count). The molecular weight excluding hydrogens is 252 g/mol. The molecule has 0 aromatic rings. The lowest BCUT2D eigenvalue weighted by Gasteiger charge is -2.36. The van der Waals surface area contributed by atoms with E-state index in [0.29, 0.717) is 12.8 Å². The predicted octanol–water partition coefficient (Wildman–Crippen LogP) is 0.669. The van der Waals surface area contributed by atoms with Gasteiger partial charge < -0.3 is 24.8 Å². The summed E-state index contributed by atoms with van der Waals surface area (Å²) in [7, 11) is 0. The van der Waals surface area contributed by atoms with Crippen LogP contribution >= 0.6 is 0 Å². The van der Waals surface area contributed by atoms with Crippen LogP contribution in [-0.4, -0.2) is 52.0 Å². The van der Waals surface area contributed by atoms with Crippen molar-refractivity contribution in [2.24, 2.45) is 0 Å². The van der Waals surface area contributed by atoms with Gasteiger partial charge in [0.2, 0.25) is 0 Å². The minimum atomic E-state index is -0.970. The molecule has 3 N–H and O–H groups in total. The van der Waals surface area contributed by atoms with Crippen molar-refractivity contribution in [1.29, 1.82) is 0 Å². The van der Waals surface area contributed by atoms with E-state index in [1.807, 2.05) is 6.92 Å². The highest BCUT2D eigenvalue weighted by Gasteiger charge is 2.35. The Hall–Kier alpha value is -0.950. The average Bonchev–Trinajstić information content (AvgIpc) is 2.31. The summed E-state index contributed by atoms with van der Waals surface area (Å²) in [5.74, 6) is -0.970. The zero-order chi connectivity index (χ0) is 14.4. The smallest absolute Gasteiger partial charge is 0.327 e. The minimum Gasteiger partial charge on any atom is -0.478 e. The third-order valence-electron chi connectivity index (χ3n) is 3.05. The highest BCUT2D eigenvalue weighted by molar-refractivity contribution is 5.79. The van der Waals surface area contributed by atoms with E-state index in [4.69, 9.17) is 14.6 Å². The van der Waals surface area contributed by atoms with Crippen LogP contribution in [0, 0.1) is 0 Å². The summed E-state index contributed by atoms with van der Waals surface area (Å²) < 4.78 is 11.0. The van der Waals surface area contributed by atoms with Crippen LogP contribution in [0.15, 0.2) is 12.2 Å². The topological polar surface area (TPSA) is 96.2 Å². The van der Waals surface area contributed by atoms with Gasteiger partial charge in [-0.05, 0) is 26.7 Å². The molecule has 1 saturated heterocycles. The number of aliphatic hydroxyl groups excluding tert-OH is 2. The maximum absolute atomic E-state index is 10.3. The Morgan fingerprint density at radius 3 is 2.79 bits per heavy atom. The van der Waals surface area contributed by atoms with Crippen LogP contribution in [-0.2, 0) is 14.3 Å². The van der Waals surface area contributed by atoms with Gasteiger partial charge in [-0.1, -0.05) is 6.08 Å². The molecule has 0 radical (unpaired) electrons. The zero-order valence-electron chi connectivity index (χ0n) is 11.2. The molecule has 6 nitrogen and oxygen atoms in total. The Balaban J connectivity index is 2.31. The van der Waals surface area contributed by atoms with Crippen LogP contribution < -0.4 is 0 Å². The standard InChI is InChI=1S/C13H22O6/c1-8(5-3-4-6-12(16)17)18-13-11(15)7-10(14)9(2)19-13/h4,6,8-11,13-15H,3,5,7H2,1-2H3,(H,16,17)/b6-4-/t8?,9-,10+,11+,13+/m0/s1. The van der Waals surface area contributed by atoms with Crippen LogP contribution in [0.5, 0.6) is 0 Å². The maximum Gasteiger partial charge on any atom is 0.327 e. The summed E-state index contributed by atoms with van der Waals surface area (Å²) in [5.41, 5.74) is 0. The fourth-order valence-electron chi connectivity index (χ4n) is 1.88. The van der Waals surface area contributed by atoms with E-state index < -0.39 is 24.5 Å². The fourth-order valence-corrected chi connectivity index (χ4v) is 1.88. The van der Waals surface area contributed by atoms with Gasteiger partial charge in [0.05, 0.1) is 18.3 Å². The van der Waals surface area contributed by atoms with E-state index in [1.54, 1.807) is 13.0 Å². The molecule has 0 bridgehead atoms. The van der Waals surface area contributed by atoms with Crippen LogP contribution in [0.3, 0.4) is 0 Å². The lowest BCUT2D eigenvalue weighted by Crippen LogP contribution is -2.48. The third-order valence-corrected chi connectivity index (χ3v) is 3.05. The molecule has 1 heterocycles. The van der Waals surface area contributed by atoms with E-state index in [-0.39, 0.29) is 18.6 Å². The van der Waals surface area contributed by atoms with Crippen molar-refractivity contribution in [1.82, 2.24) is 0 Å². The number of aliphatic carboxylic acids is 1. The van der Waals surface area contributed by atoms with Crippen LogP contribution in [0.25, 0.3) is 0 Å². The highest BCUT2D eigenvalue weighted by Crippen LogP contribution is 2.22. The Morgan fingerprint density at radius 1 is 1.47 bits per heavy atom. The lowest BCUT2D eigenvalue weighted by atomic mass is 10.0. The quantitative estimate of drug-likeness (QED) is 0.616. The van der Waals surface area contributed by atoms with Crippen molar-refractivity contribution < 1.29 is 29.6 Å². The van der Waals surface area contributed by atoms with Gasteiger partial charge in [-0.2, -0.15) is 0 Å². The van der Waals surface area contributed by atoms with Crippen molar-refractivity contribution in [2.45, 2.75) is 63.8 Å². The second-order valence-corrected chi connectivity index (χ2v) is 4.84. The molecule has 1 aliphatic heterocycles. The van der Waals surface area contributed by atoms with Crippen LogP contribution in [0.1, 0.15) is 33.1 Å². The summed E-state index contributed by atoms with van der Waals surface area (Å²) in [6, 6.07) is 0. The Kier molecular flexibility index (Phi) is 6.44. The lowest BCUT2D eigenvalue weighted by molar-refractivity contribution is -0.273. The average molecular weight is 274 g/mol. The summed E-state index contributed by atoms with van der Waals surface area (Å²) in [5, 5.41) is 27.7. The van der Waals surface area contributed by atoms with Gasteiger partial charge in [0.25, 0.3) is 0 Å². The van der Waals surface area contributed by atoms with Gasteiger partial charge in [-0.25, -0.2) is 4.79 Å². The van der Waals surface area contributed by atoms with Gasteiger partial charge in [0.15, 0.2) is 6.29 Å². The Labute approximate surface area is 112 Å². The Morgan fingerprint density at radius 2 is 2.16 bits per heavy atom. The van der Waals surface area contributed by atoms with Crippen LogP contribution in [0.2, 0.25) is 0 Å².